The first-order valence-electron chi connectivity index (χ1n) is 10.9. The molecule has 4 atom stereocenters. The number of hydrogen-bond donors (Lipinski definition) is 1. The average molecular weight is 454 g/mol. The van der Waals surface area contributed by atoms with Crippen molar-refractivity contribution in [2.45, 2.75) is 69.8 Å². The maximum Gasteiger partial charge on any atom is 1.00 e. The van der Waals surface area contributed by atoms with Gasteiger partial charge in [-0.3, -0.25) is 4.79 Å². The van der Waals surface area contributed by atoms with Crippen LogP contribution in [0.15, 0.2) is 30.3 Å². The van der Waals surface area contributed by atoms with Gasteiger partial charge >= 0.3 is 35.5 Å². The molecule has 1 aromatic rings. The van der Waals surface area contributed by atoms with Crippen LogP contribution >= 0.6 is 0 Å². The molecule has 1 saturated heterocycles. The van der Waals surface area contributed by atoms with Crippen molar-refractivity contribution >= 4 is 17.8 Å². The molecule has 3 rings (SSSR count). The number of carbonyl (C=O) groups excluding carboxylic acids is 3. The van der Waals surface area contributed by atoms with Crippen molar-refractivity contribution in [3.05, 3.63) is 35.9 Å². The quantitative estimate of drug-likeness (QED) is 0.271. The van der Waals surface area contributed by atoms with Gasteiger partial charge in [-0.05, 0) is 45.7 Å². The van der Waals surface area contributed by atoms with E-state index in [0.29, 0.717) is 12.8 Å². The van der Waals surface area contributed by atoms with E-state index in [4.69, 9.17) is 10.5 Å². The van der Waals surface area contributed by atoms with Gasteiger partial charge in [0.15, 0.2) is 5.54 Å². The molecule has 0 unspecified atom stereocenters. The zero-order chi connectivity index (χ0) is 22.8. The Morgan fingerprint density at radius 3 is 2.53 bits per heavy atom. The molecule has 170 valence electrons. The summed E-state index contributed by atoms with van der Waals surface area (Å²) < 4.78 is 5.32. The number of nitrogens with zero attached hydrogens (tertiary/aromatic N) is 2. The number of rotatable bonds is 7. The van der Waals surface area contributed by atoms with E-state index in [1.807, 2.05) is 37.4 Å². The third kappa shape index (κ3) is 5.54. The maximum absolute atomic E-state index is 13.1. The van der Waals surface area contributed by atoms with Gasteiger partial charge in [0.2, 0.25) is 0 Å². The summed E-state index contributed by atoms with van der Waals surface area (Å²) in [5.74, 6) is -3.30. The number of benzene rings is 1. The Morgan fingerprint density at radius 2 is 1.94 bits per heavy atom. The van der Waals surface area contributed by atoms with E-state index in [2.05, 4.69) is 18.7 Å². The predicted octanol–water partition coefficient (Wildman–Crippen LogP) is -2.71. The summed E-state index contributed by atoms with van der Waals surface area (Å²) in [5, 5.41) is 11.9. The van der Waals surface area contributed by atoms with Crippen LogP contribution in [0.5, 0.6) is 0 Å². The van der Waals surface area contributed by atoms with Gasteiger partial charge in [-0.2, -0.15) is 0 Å². The van der Waals surface area contributed by atoms with Crippen LogP contribution in [-0.4, -0.2) is 64.9 Å². The van der Waals surface area contributed by atoms with Crippen LogP contribution < -0.4 is 40.4 Å². The van der Waals surface area contributed by atoms with E-state index in [1.54, 1.807) is 0 Å². The van der Waals surface area contributed by atoms with Gasteiger partial charge in [0.25, 0.3) is 5.91 Å². The molecule has 2 aliphatic rings. The van der Waals surface area contributed by atoms with E-state index in [1.165, 1.54) is 4.90 Å². The average Bonchev–Trinajstić information content (AvgIpc) is 3.07. The smallest absolute Gasteiger partial charge is 0.550 e. The molecule has 1 heterocycles. The van der Waals surface area contributed by atoms with Crippen LogP contribution in [0.3, 0.4) is 0 Å². The summed E-state index contributed by atoms with van der Waals surface area (Å²) in [6.45, 7) is 4.39. The number of carbonyl (C=O) groups is 3. The number of likely N-dealkylation sites (tertiary alicyclic amines) is 1. The molecule has 2 N–H and O–H groups in total. The molecule has 2 fully saturated rings. The monoisotopic (exact) mass is 453 g/mol. The van der Waals surface area contributed by atoms with Crippen LogP contribution in [0.4, 0.5) is 0 Å². The maximum atomic E-state index is 13.1. The Labute approximate surface area is 211 Å². The second kappa shape index (κ2) is 11.1. The van der Waals surface area contributed by atoms with Gasteiger partial charge in [-0.1, -0.05) is 30.3 Å². The summed E-state index contributed by atoms with van der Waals surface area (Å²) in [6.07, 6.45) is 1.80. The summed E-state index contributed by atoms with van der Waals surface area (Å²) in [6, 6.07) is 9.02. The van der Waals surface area contributed by atoms with Crippen LogP contribution in [0.1, 0.15) is 45.1 Å². The summed E-state index contributed by atoms with van der Waals surface area (Å²) >= 11 is 0. The SMILES string of the molecule is CC(C)N(C)[C@@H]1CC[C@H](N2CC[C@@](N)(C(=O)OCc3ccccc3)C2=O)[C@H](C(=O)[O-])C1.[Na+]. The molecule has 0 bridgehead atoms. The molecule has 1 saturated carbocycles. The van der Waals surface area contributed by atoms with Gasteiger partial charge < -0.3 is 30.2 Å². The molecule has 0 radical (unpaired) electrons. The van der Waals surface area contributed by atoms with Crippen LogP contribution in [0, 0.1) is 5.92 Å². The van der Waals surface area contributed by atoms with Crippen LogP contribution in [-0.2, 0) is 25.7 Å². The largest absolute Gasteiger partial charge is 1.00 e. The van der Waals surface area contributed by atoms with Crippen molar-refractivity contribution < 1.29 is 53.8 Å². The minimum atomic E-state index is -1.78. The molecule has 1 aliphatic carbocycles. The molecular weight excluding hydrogens is 421 g/mol. The topological polar surface area (TPSA) is 116 Å². The van der Waals surface area contributed by atoms with E-state index in [0.717, 1.165) is 12.0 Å². The Kier molecular flexibility index (Phi) is 9.31. The first-order valence-corrected chi connectivity index (χ1v) is 10.9. The van der Waals surface area contributed by atoms with E-state index in [9.17, 15) is 19.5 Å². The van der Waals surface area contributed by atoms with Crippen molar-refractivity contribution in [1.82, 2.24) is 9.80 Å². The normalized spacial score (nSPS) is 28.0. The number of ether oxygens (including phenoxy) is 1. The molecule has 0 spiro atoms. The first kappa shape index (κ1) is 26.8. The van der Waals surface area contributed by atoms with Crippen molar-refractivity contribution in [2.24, 2.45) is 11.7 Å². The zero-order valence-corrected chi connectivity index (χ0v) is 21.5. The number of amides is 1. The number of hydrogen-bond acceptors (Lipinski definition) is 7. The molecule has 8 nitrogen and oxygen atoms in total. The molecule has 1 aliphatic heterocycles. The second-order valence-corrected chi connectivity index (χ2v) is 9.00. The van der Waals surface area contributed by atoms with Crippen molar-refractivity contribution in [3.63, 3.8) is 0 Å². The third-order valence-corrected chi connectivity index (χ3v) is 6.85. The van der Waals surface area contributed by atoms with E-state index in [-0.39, 0.29) is 61.2 Å². The Balaban J connectivity index is 0.00000363. The molecule has 0 aromatic heterocycles. The third-order valence-electron chi connectivity index (χ3n) is 6.85. The fraction of sp³-hybridized carbons (Fsp3) is 0.609. The zero-order valence-electron chi connectivity index (χ0n) is 19.5. The number of carboxylic acids is 1. The molecule has 9 heteroatoms. The minimum Gasteiger partial charge on any atom is -0.550 e. The molecule has 1 amide bonds. The van der Waals surface area contributed by atoms with Crippen molar-refractivity contribution in [2.75, 3.05) is 13.6 Å². The van der Waals surface area contributed by atoms with Gasteiger partial charge in [0.05, 0.1) is 0 Å². The predicted molar refractivity (Wildman–Crippen MR) is 112 cm³/mol. The van der Waals surface area contributed by atoms with Gasteiger partial charge in [0.1, 0.15) is 6.61 Å². The molecule has 1 aromatic carbocycles. The number of nitrogens with two attached hydrogens (primary N) is 1. The Bertz CT molecular complexity index is 821. The van der Waals surface area contributed by atoms with Crippen LogP contribution in [0.2, 0.25) is 0 Å². The summed E-state index contributed by atoms with van der Waals surface area (Å²) in [5.41, 5.74) is 5.22. The van der Waals surface area contributed by atoms with Crippen molar-refractivity contribution in [3.8, 4) is 0 Å². The summed E-state index contributed by atoms with van der Waals surface area (Å²) in [4.78, 5) is 41.4. The minimum absolute atomic E-state index is 0. The Hall–Kier alpha value is -1.45. The van der Waals surface area contributed by atoms with E-state index >= 15 is 0 Å². The number of aliphatic carboxylic acids is 1. The standard InChI is InChI=1S/C23H33N3O5.Na/c1-15(2)25(3)17-9-10-19(18(13-17)20(27)28)26-12-11-23(24,21(26)29)22(30)31-14-16-7-5-4-6-8-16;/h4-8,15,17-19H,9-14,24H2,1-3H3,(H,27,28);/q;+1/p-1/t17-,18-,19+,23+;/m1./s1. The molecular formula is C23H32N3NaO5. The summed E-state index contributed by atoms with van der Waals surface area (Å²) in [7, 11) is 1.98. The van der Waals surface area contributed by atoms with Crippen LogP contribution in [0.25, 0.3) is 0 Å². The van der Waals surface area contributed by atoms with Crippen molar-refractivity contribution in [1.29, 1.82) is 0 Å². The van der Waals surface area contributed by atoms with Gasteiger partial charge in [-0.15, -0.1) is 0 Å². The fourth-order valence-corrected chi connectivity index (χ4v) is 4.67. The van der Waals surface area contributed by atoms with Gasteiger partial charge in [0, 0.05) is 43.0 Å². The number of esters is 1. The van der Waals surface area contributed by atoms with E-state index < -0.39 is 35.3 Å². The first-order chi connectivity index (χ1) is 14.6. The number of carboxylic acid groups (broad SMARTS) is 1. The Morgan fingerprint density at radius 1 is 1.28 bits per heavy atom. The molecule has 32 heavy (non-hydrogen) atoms. The van der Waals surface area contributed by atoms with Gasteiger partial charge in [-0.25, -0.2) is 4.79 Å². The second-order valence-electron chi connectivity index (χ2n) is 9.00. The fourth-order valence-electron chi connectivity index (χ4n) is 4.67.